The summed E-state index contributed by atoms with van der Waals surface area (Å²) in [7, 11) is 0. The third-order valence-corrected chi connectivity index (χ3v) is 4.40. The van der Waals surface area contributed by atoms with Crippen LogP contribution in [-0.2, 0) is 11.4 Å². The van der Waals surface area contributed by atoms with Crippen molar-refractivity contribution in [2.45, 2.75) is 31.9 Å². The topological polar surface area (TPSA) is 66.8 Å². The van der Waals surface area contributed by atoms with Crippen LogP contribution >= 0.6 is 0 Å². The van der Waals surface area contributed by atoms with Crippen LogP contribution in [0.2, 0.25) is 0 Å². The smallest absolute Gasteiger partial charge is 0.326 e. The molecule has 1 aliphatic rings. The number of aliphatic carboxylic acids is 1. The largest absolute Gasteiger partial charge is 0.489 e. The fourth-order valence-electron chi connectivity index (χ4n) is 3.02. The van der Waals surface area contributed by atoms with E-state index >= 15 is 0 Å². The molecule has 2 aromatic carbocycles. The molecule has 1 amide bonds. The first kappa shape index (κ1) is 17.0. The van der Waals surface area contributed by atoms with Crippen LogP contribution in [0.15, 0.2) is 54.6 Å². The van der Waals surface area contributed by atoms with Gasteiger partial charge in [-0.1, -0.05) is 30.3 Å². The SMILES string of the molecule is O=C(O)[C@H]1CCCCN1C(=O)c1ccc(COc2ccccc2)cc1. The van der Waals surface area contributed by atoms with Gasteiger partial charge in [0.15, 0.2) is 0 Å². The predicted molar refractivity (Wildman–Crippen MR) is 93.5 cm³/mol. The molecule has 5 nitrogen and oxygen atoms in total. The first-order chi connectivity index (χ1) is 12.1. The van der Waals surface area contributed by atoms with Crippen molar-refractivity contribution in [3.05, 3.63) is 65.7 Å². The van der Waals surface area contributed by atoms with Crippen LogP contribution in [0.3, 0.4) is 0 Å². The Labute approximate surface area is 146 Å². The van der Waals surface area contributed by atoms with Crippen LogP contribution in [0.5, 0.6) is 5.75 Å². The van der Waals surface area contributed by atoms with Crippen LogP contribution in [-0.4, -0.2) is 34.5 Å². The van der Waals surface area contributed by atoms with E-state index in [2.05, 4.69) is 0 Å². The molecule has 0 aromatic heterocycles. The van der Waals surface area contributed by atoms with E-state index < -0.39 is 12.0 Å². The summed E-state index contributed by atoms with van der Waals surface area (Å²) >= 11 is 0. The number of carboxylic acids is 1. The normalized spacial score (nSPS) is 17.1. The lowest BCUT2D eigenvalue weighted by Gasteiger charge is -2.33. The average Bonchev–Trinajstić information content (AvgIpc) is 2.67. The van der Waals surface area contributed by atoms with E-state index in [0.29, 0.717) is 25.1 Å². The highest BCUT2D eigenvalue weighted by atomic mass is 16.5. The summed E-state index contributed by atoms with van der Waals surface area (Å²) in [5, 5.41) is 9.32. The average molecular weight is 339 g/mol. The number of hydrogen-bond acceptors (Lipinski definition) is 3. The second kappa shape index (κ2) is 7.83. The van der Waals surface area contributed by atoms with Crippen molar-refractivity contribution in [3.63, 3.8) is 0 Å². The van der Waals surface area contributed by atoms with Crippen LogP contribution in [0, 0.1) is 0 Å². The standard InChI is InChI=1S/C20H21NO4/c22-19(21-13-5-4-8-18(21)20(23)24)16-11-9-15(10-12-16)14-25-17-6-2-1-3-7-17/h1-3,6-7,9-12,18H,4-5,8,13-14H2,(H,23,24)/t18-/m1/s1. The van der Waals surface area contributed by atoms with E-state index in [0.717, 1.165) is 24.2 Å². The van der Waals surface area contributed by atoms with Crippen molar-refractivity contribution in [1.29, 1.82) is 0 Å². The number of hydrogen-bond donors (Lipinski definition) is 1. The summed E-state index contributed by atoms with van der Waals surface area (Å²) < 4.78 is 5.68. The van der Waals surface area contributed by atoms with Gasteiger partial charge in [0.1, 0.15) is 18.4 Å². The Morgan fingerprint density at radius 3 is 2.44 bits per heavy atom. The molecule has 0 spiro atoms. The number of carbonyl (C=O) groups is 2. The van der Waals surface area contributed by atoms with E-state index in [1.54, 1.807) is 12.1 Å². The number of ether oxygens (including phenoxy) is 1. The molecule has 1 saturated heterocycles. The van der Waals surface area contributed by atoms with Crippen LogP contribution in [0.1, 0.15) is 35.2 Å². The number of likely N-dealkylation sites (tertiary alicyclic amines) is 1. The fraction of sp³-hybridized carbons (Fsp3) is 0.300. The quantitative estimate of drug-likeness (QED) is 0.907. The Morgan fingerprint density at radius 2 is 1.76 bits per heavy atom. The van der Waals surface area contributed by atoms with Gasteiger partial charge < -0.3 is 14.7 Å². The highest BCUT2D eigenvalue weighted by Gasteiger charge is 2.32. The maximum absolute atomic E-state index is 12.6. The fourth-order valence-corrected chi connectivity index (χ4v) is 3.02. The molecule has 1 heterocycles. The molecular formula is C20H21NO4. The van der Waals surface area contributed by atoms with Gasteiger partial charge in [-0.05, 0) is 49.1 Å². The number of piperidine rings is 1. The molecule has 1 aliphatic heterocycles. The summed E-state index contributed by atoms with van der Waals surface area (Å²) in [6, 6.07) is 16.0. The van der Waals surface area contributed by atoms with E-state index in [-0.39, 0.29) is 5.91 Å². The highest BCUT2D eigenvalue weighted by Crippen LogP contribution is 2.20. The lowest BCUT2D eigenvalue weighted by atomic mass is 10.0. The Morgan fingerprint density at radius 1 is 1.04 bits per heavy atom. The third kappa shape index (κ3) is 4.18. The van der Waals surface area contributed by atoms with Crippen molar-refractivity contribution in [3.8, 4) is 5.75 Å². The van der Waals surface area contributed by atoms with Gasteiger partial charge in [-0.3, -0.25) is 4.79 Å². The maximum Gasteiger partial charge on any atom is 0.326 e. The van der Waals surface area contributed by atoms with Gasteiger partial charge >= 0.3 is 5.97 Å². The van der Waals surface area contributed by atoms with Gasteiger partial charge in [-0.25, -0.2) is 4.79 Å². The molecular weight excluding hydrogens is 318 g/mol. The number of nitrogens with zero attached hydrogens (tertiary/aromatic N) is 1. The van der Waals surface area contributed by atoms with Gasteiger partial charge in [0.25, 0.3) is 5.91 Å². The number of para-hydroxylation sites is 1. The minimum absolute atomic E-state index is 0.220. The second-order valence-electron chi connectivity index (χ2n) is 6.15. The van der Waals surface area contributed by atoms with Gasteiger partial charge in [-0.15, -0.1) is 0 Å². The molecule has 5 heteroatoms. The van der Waals surface area contributed by atoms with E-state index in [1.165, 1.54) is 4.90 Å². The molecule has 2 aromatic rings. The van der Waals surface area contributed by atoms with Crippen molar-refractivity contribution in [1.82, 2.24) is 4.90 Å². The Bertz CT molecular complexity index is 727. The number of carbonyl (C=O) groups excluding carboxylic acids is 1. The zero-order valence-corrected chi connectivity index (χ0v) is 13.9. The molecule has 130 valence electrons. The molecule has 1 fully saturated rings. The molecule has 3 rings (SSSR count). The molecule has 0 bridgehead atoms. The molecule has 0 radical (unpaired) electrons. The first-order valence-corrected chi connectivity index (χ1v) is 8.46. The van der Waals surface area contributed by atoms with Crippen molar-refractivity contribution in [2.24, 2.45) is 0 Å². The summed E-state index contributed by atoms with van der Waals surface area (Å²) in [4.78, 5) is 25.5. The number of rotatable bonds is 5. The van der Waals surface area contributed by atoms with Crippen LogP contribution in [0.4, 0.5) is 0 Å². The van der Waals surface area contributed by atoms with E-state index in [1.807, 2.05) is 42.5 Å². The summed E-state index contributed by atoms with van der Waals surface area (Å²) in [6.07, 6.45) is 2.21. The predicted octanol–water partition coefficient (Wildman–Crippen LogP) is 3.34. The van der Waals surface area contributed by atoms with Crippen molar-refractivity contribution < 1.29 is 19.4 Å². The van der Waals surface area contributed by atoms with Gasteiger partial charge in [0, 0.05) is 12.1 Å². The molecule has 0 saturated carbocycles. The Hall–Kier alpha value is -2.82. The lowest BCUT2D eigenvalue weighted by Crippen LogP contribution is -2.47. The zero-order valence-electron chi connectivity index (χ0n) is 13.9. The van der Waals surface area contributed by atoms with Gasteiger partial charge in [0.2, 0.25) is 0 Å². The van der Waals surface area contributed by atoms with Crippen molar-refractivity contribution in [2.75, 3.05) is 6.54 Å². The van der Waals surface area contributed by atoms with Crippen molar-refractivity contribution >= 4 is 11.9 Å². The van der Waals surface area contributed by atoms with Gasteiger partial charge in [0.05, 0.1) is 0 Å². The zero-order chi connectivity index (χ0) is 17.6. The number of carboxylic acid groups (broad SMARTS) is 1. The maximum atomic E-state index is 12.6. The summed E-state index contributed by atoms with van der Waals surface area (Å²) in [5.41, 5.74) is 1.46. The number of benzene rings is 2. The first-order valence-electron chi connectivity index (χ1n) is 8.46. The van der Waals surface area contributed by atoms with E-state index in [9.17, 15) is 14.7 Å². The van der Waals surface area contributed by atoms with Crippen LogP contribution in [0.25, 0.3) is 0 Å². The minimum atomic E-state index is -0.930. The highest BCUT2D eigenvalue weighted by molar-refractivity contribution is 5.96. The molecule has 1 N–H and O–H groups in total. The Kier molecular flexibility index (Phi) is 5.33. The molecule has 25 heavy (non-hydrogen) atoms. The minimum Gasteiger partial charge on any atom is -0.489 e. The van der Waals surface area contributed by atoms with Crippen LogP contribution < -0.4 is 4.74 Å². The molecule has 1 atom stereocenters. The molecule has 0 unspecified atom stereocenters. The Balaban J connectivity index is 1.65. The monoisotopic (exact) mass is 339 g/mol. The second-order valence-corrected chi connectivity index (χ2v) is 6.15. The number of amides is 1. The summed E-state index contributed by atoms with van der Waals surface area (Å²) in [6.45, 7) is 0.911. The van der Waals surface area contributed by atoms with Gasteiger partial charge in [-0.2, -0.15) is 0 Å². The summed E-state index contributed by atoms with van der Waals surface area (Å²) in [5.74, 6) is -0.358. The molecule has 0 aliphatic carbocycles. The third-order valence-electron chi connectivity index (χ3n) is 4.40. The lowest BCUT2D eigenvalue weighted by molar-refractivity contribution is -0.143. The van der Waals surface area contributed by atoms with E-state index in [4.69, 9.17) is 4.74 Å².